The van der Waals surface area contributed by atoms with Gasteiger partial charge >= 0.3 is 0 Å². The Labute approximate surface area is 128 Å². The van der Waals surface area contributed by atoms with Gasteiger partial charge in [0.25, 0.3) is 5.56 Å². The number of rotatable bonds is 3. The summed E-state index contributed by atoms with van der Waals surface area (Å²) in [5.74, 6) is 0.821. The molecule has 0 aliphatic heterocycles. The van der Waals surface area contributed by atoms with E-state index in [-0.39, 0.29) is 5.56 Å². The first kappa shape index (κ1) is 13.4. The summed E-state index contributed by atoms with van der Waals surface area (Å²) in [6, 6.07) is 13.5. The lowest BCUT2D eigenvalue weighted by Crippen LogP contribution is -2.13. The molecule has 0 atom stereocenters. The van der Waals surface area contributed by atoms with Gasteiger partial charge in [0, 0.05) is 4.47 Å². The van der Waals surface area contributed by atoms with Gasteiger partial charge in [-0.05, 0) is 35.9 Å². The van der Waals surface area contributed by atoms with Gasteiger partial charge < -0.3 is 4.74 Å². The fraction of sp³-hybridized carbons (Fsp3) is 0.133. The van der Waals surface area contributed by atoms with Crippen molar-refractivity contribution in [3.63, 3.8) is 0 Å². The van der Waals surface area contributed by atoms with Gasteiger partial charge in [0.1, 0.15) is 5.75 Å². The number of nitrogens with zero attached hydrogens (tertiary/aromatic N) is 1. The second-order valence-corrected chi connectivity index (χ2v) is 6.40. The van der Waals surface area contributed by atoms with Gasteiger partial charge in [0.2, 0.25) is 0 Å². The van der Waals surface area contributed by atoms with Crippen LogP contribution in [-0.4, -0.2) is 11.1 Å². The molecule has 1 aromatic heterocycles. The zero-order valence-electron chi connectivity index (χ0n) is 10.8. The van der Waals surface area contributed by atoms with Gasteiger partial charge in [-0.25, -0.2) is 0 Å². The van der Waals surface area contributed by atoms with E-state index >= 15 is 0 Å². The Bertz CT molecular complexity index is 805. The molecule has 0 radical (unpaired) electrons. The van der Waals surface area contributed by atoms with Gasteiger partial charge in [-0.3, -0.25) is 8.75 Å². The minimum Gasteiger partial charge on any atom is -0.497 e. The number of halogens is 1. The first-order valence-corrected chi connectivity index (χ1v) is 7.66. The highest BCUT2D eigenvalue weighted by Gasteiger charge is 2.08. The summed E-state index contributed by atoms with van der Waals surface area (Å²) >= 11 is 4.92. The number of hydrogen-bond donors (Lipinski definition) is 0. The molecule has 20 heavy (non-hydrogen) atoms. The van der Waals surface area contributed by atoms with Crippen LogP contribution in [0.3, 0.4) is 0 Å². The molecule has 0 N–H and O–H groups in total. The van der Waals surface area contributed by atoms with E-state index < -0.39 is 0 Å². The van der Waals surface area contributed by atoms with Crippen molar-refractivity contribution in [2.75, 3.05) is 7.11 Å². The van der Waals surface area contributed by atoms with Crippen LogP contribution in [0, 0.1) is 0 Å². The molecule has 5 heteroatoms. The lowest BCUT2D eigenvalue weighted by Gasteiger charge is -2.03. The highest BCUT2D eigenvalue weighted by Crippen LogP contribution is 2.22. The third-order valence-electron chi connectivity index (χ3n) is 3.09. The van der Waals surface area contributed by atoms with Crippen LogP contribution in [0.4, 0.5) is 0 Å². The van der Waals surface area contributed by atoms with Gasteiger partial charge in [0.15, 0.2) is 0 Å². The number of benzene rings is 2. The normalized spacial score (nSPS) is 10.9. The number of hydrogen-bond acceptors (Lipinski definition) is 3. The van der Waals surface area contributed by atoms with Gasteiger partial charge in [-0.1, -0.05) is 39.6 Å². The highest BCUT2D eigenvalue weighted by atomic mass is 79.9. The fourth-order valence-corrected chi connectivity index (χ4v) is 3.62. The largest absolute Gasteiger partial charge is 0.497 e. The number of methoxy groups -OCH3 is 1. The summed E-state index contributed by atoms with van der Waals surface area (Å²) in [6.45, 7) is 0.583. The van der Waals surface area contributed by atoms with Crippen molar-refractivity contribution in [3.8, 4) is 5.75 Å². The highest BCUT2D eigenvalue weighted by molar-refractivity contribution is 9.10. The summed E-state index contributed by atoms with van der Waals surface area (Å²) in [5, 5.41) is 0.770. The summed E-state index contributed by atoms with van der Waals surface area (Å²) in [4.78, 5) is 12.3. The van der Waals surface area contributed by atoms with E-state index in [1.807, 2.05) is 42.5 Å². The van der Waals surface area contributed by atoms with E-state index in [1.165, 1.54) is 11.5 Å². The Hall–Kier alpha value is -1.59. The molecule has 0 spiro atoms. The van der Waals surface area contributed by atoms with E-state index in [1.54, 1.807) is 11.1 Å². The molecule has 0 aliphatic rings. The second-order valence-electron chi connectivity index (χ2n) is 4.42. The first-order valence-electron chi connectivity index (χ1n) is 6.09. The van der Waals surface area contributed by atoms with Crippen molar-refractivity contribution >= 4 is 37.5 Å². The van der Waals surface area contributed by atoms with Crippen LogP contribution in [-0.2, 0) is 6.54 Å². The molecule has 0 fully saturated rings. The van der Waals surface area contributed by atoms with Crippen LogP contribution >= 0.6 is 27.5 Å². The maximum Gasteiger partial charge on any atom is 0.268 e. The van der Waals surface area contributed by atoms with Crippen LogP contribution in [0.15, 0.2) is 51.7 Å². The number of aromatic nitrogens is 1. The molecular formula is C15H12BrNO2S. The van der Waals surface area contributed by atoms with Crippen LogP contribution in [0.5, 0.6) is 5.75 Å². The SMILES string of the molecule is COc1ccc(Cn2sc3cc(Br)ccc3c2=O)cc1. The minimum absolute atomic E-state index is 0.0633. The molecular weight excluding hydrogens is 338 g/mol. The van der Waals surface area contributed by atoms with Crippen molar-refractivity contribution in [1.82, 2.24) is 3.96 Å². The van der Waals surface area contributed by atoms with E-state index in [0.29, 0.717) is 6.54 Å². The minimum atomic E-state index is 0.0633. The molecule has 3 nitrogen and oxygen atoms in total. The smallest absolute Gasteiger partial charge is 0.268 e. The molecule has 1 heterocycles. The summed E-state index contributed by atoms with van der Waals surface area (Å²) in [7, 11) is 1.64. The molecule has 0 saturated heterocycles. The molecule has 0 saturated carbocycles. The Kier molecular flexibility index (Phi) is 3.63. The molecule has 2 aromatic carbocycles. The molecule has 0 bridgehead atoms. The molecule has 3 aromatic rings. The lowest BCUT2D eigenvalue weighted by molar-refractivity contribution is 0.414. The van der Waals surface area contributed by atoms with Gasteiger partial charge in [-0.15, -0.1) is 0 Å². The topological polar surface area (TPSA) is 31.2 Å². The first-order chi connectivity index (χ1) is 9.67. The monoisotopic (exact) mass is 349 g/mol. The van der Waals surface area contributed by atoms with E-state index in [4.69, 9.17) is 4.74 Å². The van der Waals surface area contributed by atoms with E-state index in [0.717, 1.165) is 25.9 Å². The van der Waals surface area contributed by atoms with Crippen LogP contribution in [0.25, 0.3) is 10.1 Å². The van der Waals surface area contributed by atoms with Crippen LogP contribution in [0.2, 0.25) is 0 Å². The second kappa shape index (κ2) is 5.42. The van der Waals surface area contributed by atoms with Crippen LogP contribution in [0.1, 0.15) is 5.56 Å². The van der Waals surface area contributed by atoms with Crippen molar-refractivity contribution in [2.24, 2.45) is 0 Å². The zero-order valence-corrected chi connectivity index (χ0v) is 13.2. The quantitative estimate of drug-likeness (QED) is 0.718. The molecule has 102 valence electrons. The van der Waals surface area contributed by atoms with E-state index in [2.05, 4.69) is 15.9 Å². The van der Waals surface area contributed by atoms with Crippen molar-refractivity contribution in [3.05, 3.63) is 62.9 Å². The molecule has 0 amide bonds. The average Bonchev–Trinajstić information content (AvgIpc) is 2.75. The van der Waals surface area contributed by atoms with Crippen molar-refractivity contribution < 1.29 is 4.74 Å². The Morgan fingerprint density at radius 1 is 1.20 bits per heavy atom. The standard InChI is InChI=1S/C15H12BrNO2S/c1-19-12-5-2-10(3-6-12)9-17-15(18)13-7-4-11(16)8-14(13)20-17/h2-8H,9H2,1H3. The Morgan fingerprint density at radius 3 is 2.65 bits per heavy atom. The predicted molar refractivity (Wildman–Crippen MR) is 85.9 cm³/mol. The maximum absolute atomic E-state index is 12.3. The number of ether oxygens (including phenoxy) is 1. The van der Waals surface area contributed by atoms with Gasteiger partial charge in [0.05, 0.1) is 23.7 Å². The summed E-state index contributed by atoms with van der Waals surface area (Å²) in [5.41, 5.74) is 1.15. The molecule has 3 rings (SSSR count). The van der Waals surface area contributed by atoms with Gasteiger partial charge in [-0.2, -0.15) is 0 Å². The third kappa shape index (κ3) is 2.51. The molecule has 0 aliphatic carbocycles. The third-order valence-corrected chi connectivity index (χ3v) is 4.64. The molecule has 0 unspecified atom stereocenters. The number of fused-ring (bicyclic) bond motifs is 1. The summed E-state index contributed by atoms with van der Waals surface area (Å²) < 4.78 is 8.90. The fourth-order valence-electron chi connectivity index (χ4n) is 2.04. The van der Waals surface area contributed by atoms with Crippen LogP contribution < -0.4 is 10.3 Å². The van der Waals surface area contributed by atoms with Crippen molar-refractivity contribution in [1.29, 1.82) is 0 Å². The average molecular weight is 350 g/mol. The Balaban J connectivity index is 1.97. The predicted octanol–water partition coefficient (Wildman–Crippen LogP) is 3.88. The lowest BCUT2D eigenvalue weighted by atomic mass is 10.2. The maximum atomic E-state index is 12.3. The summed E-state index contributed by atoms with van der Waals surface area (Å²) in [6.07, 6.45) is 0. The Morgan fingerprint density at radius 2 is 1.95 bits per heavy atom. The van der Waals surface area contributed by atoms with Crippen molar-refractivity contribution in [2.45, 2.75) is 6.54 Å². The van der Waals surface area contributed by atoms with E-state index in [9.17, 15) is 4.79 Å². The zero-order chi connectivity index (χ0) is 14.1.